The molecule has 18 heavy (non-hydrogen) atoms. The van der Waals surface area contributed by atoms with Crippen LogP contribution in [0.5, 0.6) is 0 Å². The van der Waals surface area contributed by atoms with Crippen molar-refractivity contribution in [1.82, 2.24) is 10.3 Å². The van der Waals surface area contributed by atoms with Crippen LogP contribution in [0.15, 0.2) is 12.7 Å². The van der Waals surface area contributed by atoms with Gasteiger partial charge in [0.2, 0.25) is 0 Å². The van der Waals surface area contributed by atoms with E-state index < -0.39 is 0 Å². The van der Waals surface area contributed by atoms with Gasteiger partial charge >= 0.3 is 12.0 Å². The second kappa shape index (κ2) is 6.75. The van der Waals surface area contributed by atoms with Crippen LogP contribution < -0.4 is 10.6 Å². The molecule has 1 aromatic heterocycles. The molecule has 2 amide bonds. The molecule has 98 valence electrons. The number of ether oxygens (including phenoxy) is 1. The summed E-state index contributed by atoms with van der Waals surface area (Å²) in [5.74, 6) is -0.329. The van der Waals surface area contributed by atoms with Crippen LogP contribution in [-0.2, 0) is 16.0 Å². The summed E-state index contributed by atoms with van der Waals surface area (Å²) in [4.78, 5) is 27.5. The summed E-state index contributed by atoms with van der Waals surface area (Å²) in [6.07, 6.45) is 1.74. The molecule has 6 nitrogen and oxygen atoms in total. The molecule has 0 bridgehead atoms. The van der Waals surface area contributed by atoms with Crippen LogP contribution in [-0.4, -0.2) is 30.6 Å². The molecule has 0 saturated carbocycles. The monoisotopic (exact) mass is 269 g/mol. The number of esters is 1. The molecule has 0 atom stereocenters. The molecule has 0 aromatic carbocycles. The van der Waals surface area contributed by atoms with E-state index in [0.29, 0.717) is 17.4 Å². The molecule has 0 aliphatic heterocycles. The molecule has 0 spiro atoms. The highest BCUT2D eigenvalue weighted by molar-refractivity contribution is 7.16. The second-order valence-corrected chi connectivity index (χ2v) is 4.49. The average Bonchev–Trinajstić information content (AvgIpc) is 2.66. The molecule has 0 radical (unpaired) electrons. The van der Waals surface area contributed by atoms with Crippen LogP contribution in [0.1, 0.15) is 10.6 Å². The van der Waals surface area contributed by atoms with Crippen molar-refractivity contribution in [1.29, 1.82) is 0 Å². The van der Waals surface area contributed by atoms with Gasteiger partial charge in [-0.3, -0.25) is 10.1 Å². The lowest BCUT2D eigenvalue weighted by molar-refractivity contribution is -0.139. The minimum absolute atomic E-state index is 0.163. The van der Waals surface area contributed by atoms with Crippen molar-refractivity contribution >= 4 is 28.5 Å². The molecule has 0 fully saturated rings. The molecule has 1 aromatic rings. The zero-order valence-electron chi connectivity index (χ0n) is 10.3. The van der Waals surface area contributed by atoms with Crippen molar-refractivity contribution < 1.29 is 14.3 Å². The number of urea groups is 1. The maximum Gasteiger partial charge on any atom is 0.321 e. The first-order valence-electron chi connectivity index (χ1n) is 5.25. The van der Waals surface area contributed by atoms with Crippen molar-refractivity contribution in [2.24, 2.45) is 0 Å². The third-order valence-corrected chi connectivity index (χ3v) is 3.13. The number of anilines is 1. The van der Waals surface area contributed by atoms with E-state index in [4.69, 9.17) is 0 Å². The van der Waals surface area contributed by atoms with E-state index in [9.17, 15) is 9.59 Å². The third kappa shape index (κ3) is 4.17. The van der Waals surface area contributed by atoms with Gasteiger partial charge in [0.15, 0.2) is 5.13 Å². The highest BCUT2D eigenvalue weighted by Crippen LogP contribution is 2.23. The number of nitrogens with one attached hydrogen (secondary N) is 2. The maximum atomic E-state index is 11.4. The Morgan fingerprint density at radius 3 is 2.89 bits per heavy atom. The van der Waals surface area contributed by atoms with Crippen LogP contribution in [0.2, 0.25) is 0 Å². The number of carbonyl (C=O) groups excluding carboxylic acids is 2. The fraction of sp³-hybridized carbons (Fsp3) is 0.364. The van der Waals surface area contributed by atoms with E-state index in [-0.39, 0.29) is 18.4 Å². The van der Waals surface area contributed by atoms with Crippen molar-refractivity contribution in [3.05, 3.63) is 23.2 Å². The third-order valence-electron chi connectivity index (χ3n) is 2.05. The largest absolute Gasteiger partial charge is 0.469 e. The number of hydrogen-bond donors (Lipinski definition) is 2. The Bertz CT molecular complexity index is 456. The van der Waals surface area contributed by atoms with Crippen LogP contribution in [0.4, 0.5) is 9.93 Å². The number of aryl methyl sites for hydroxylation is 1. The number of hydrogen-bond acceptors (Lipinski definition) is 5. The van der Waals surface area contributed by atoms with Gasteiger partial charge in [0, 0.05) is 11.4 Å². The molecule has 2 N–H and O–H groups in total. The lowest BCUT2D eigenvalue weighted by Crippen LogP contribution is -2.28. The topological polar surface area (TPSA) is 80.3 Å². The van der Waals surface area contributed by atoms with E-state index in [0.717, 1.165) is 4.88 Å². The van der Waals surface area contributed by atoms with Crippen LogP contribution >= 0.6 is 11.3 Å². The van der Waals surface area contributed by atoms with E-state index >= 15 is 0 Å². The summed E-state index contributed by atoms with van der Waals surface area (Å²) < 4.78 is 4.58. The first kappa shape index (κ1) is 14.2. The molecular weight excluding hydrogens is 254 g/mol. The Balaban J connectivity index is 2.63. The van der Waals surface area contributed by atoms with Gasteiger partial charge in [0.25, 0.3) is 0 Å². The van der Waals surface area contributed by atoms with Gasteiger partial charge in [-0.2, -0.15) is 0 Å². The number of aromatic nitrogens is 1. The number of thiazole rings is 1. The molecule has 0 unspecified atom stereocenters. The summed E-state index contributed by atoms with van der Waals surface area (Å²) in [6.45, 7) is 5.65. The number of amides is 2. The lowest BCUT2D eigenvalue weighted by Gasteiger charge is -2.01. The summed E-state index contributed by atoms with van der Waals surface area (Å²) in [7, 11) is 1.33. The molecule has 0 saturated heterocycles. The molecular formula is C11H15N3O3S. The van der Waals surface area contributed by atoms with Gasteiger partial charge in [0.1, 0.15) is 0 Å². The summed E-state index contributed by atoms with van der Waals surface area (Å²) in [5, 5.41) is 5.61. The van der Waals surface area contributed by atoms with E-state index in [2.05, 4.69) is 26.9 Å². The quantitative estimate of drug-likeness (QED) is 0.626. The highest BCUT2D eigenvalue weighted by atomic mass is 32.1. The van der Waals surface area contributed by atoms with Gasteiger partial charge in [-0.1, -0.05) is 6.08 Å². The second-order valence-electron chi connectivity index (χ2n) is 3.40. The Kier molecular flexibility index (Phi) is 5.31. The molecule has 0 aliphatic rings. The average molecular weight is 269 g/mol. The zero-order chi connectivity index (χ0) is 13.5. The number of nitrogens with zero attached hydrogens (tertiary/aromatic N) is 1. The molecule has 0 aliphatic carbocycles. The predicted molar refractivity (Wildman–Crippen MR) is 69.8 cm³/mol. The highest BCUT2D eigenvalue weighted by Gasteiger charge is 2.13. The van der Waals surface area contributed by atoms with E-state index in [1.165, 1.54) is 18.4 Å². The SMILES string of the molecule is C=CCNC(=O)Nc1nc(C)c(CC(=O)OC)s1. The number of carbonyl (C=O) groups is 2. The first-order valence-corrected chi connectivity index (χ1v) is 6.07. The Hall–Kier alpha value is -1.89. The van der Waals surface area contributed by atoms with Crippen LogP contribution in [0.25, 0.3) is 0 Å². The lowest BCUT2D eigenvalue weighted by atomic mass is 10.3. The summed E-state index contributed by atoms with van der Waals surface area (Å²) in [6, 6.07) is -0.353. The molecule has 7 heteroatoms. The van der Waals surface area contributed by atoms with Crippen molar-refractivity contribution in [3.8, 4) is 0 Å². The maximum absolute atomic E-state index is 11.4. The normalized spacial score (nSPS) is 9.67. The fourth-order valence-electron chi connectivity index (χ4n) is 1.15. The Morgan fingerprint density at radius 1 is 1.56 bits per heavy atom. The van der Waals surface area contributed by atoms with Crippen LogP contribution in [0.3, 0.4) is 0 Å². The summed E-state index contributed by atoms with van der Waals surface area (Å²) >= 11 is 1.26. The number of rotatable bonds is 5. The standard InChI is InChI=1S/C11H15N3O3S/c1-4-5-12-10(16)14-11-13-7(2)8(18-11)6-9(15)17-3/h4H,1,5-6H2,2-3H3,(H2,12,13,14,16). The van der Waals surface area contributed by atoms with E-state index in [1.54, 1.807) is 13.0 Å². The Labute approximate surface area is 109 Å². The van der Waals surface area contributed by atoms with Gasteiger partial charge in [0.05, 0.1) is 19.2 Å². The van der Waals surface area contributed by atoms with Gasteiger partial charge in [-0.05, 0) is 6.92 Å². The smallest absolute Gasteiger partial charge is 0.321 e. The fourth-order valence-corrected chi connectivity index (χ4v) is 2.10. The first-order chi connectivity index (χ1) is 8.56. The van der Waals surface area contributed by atoms with Crippen LogP contribution in [0, 0.1) is 6.92 Å². The van der Waals surface area contributed by atoms with Crippen molar-refractivity contribution in [2.45, 2.75) is 13.3 Å². The van der Waals surface area contributed by atoms with Gasteiger partial charge in [-0.25, -0.2) is 9.78 Å². The predicted octanol–water partition coefficient (Wildman–Crippen LogP) is 1.47. The van der Waals surface area contributed by atoms with Crippen molar-refractivity contribution in [3.63, 3.8) is 0 Å². The minimum atomic E-state index is -0.353. The van der Waals surface area contributed by atoms with Gasteiger partial charge < -0.3 is 10.1 Å². The minimum Gasteiger partial charge on any atom is -0.469 e. The number of methoxy groups -OCH3 is 1. The van der Waals surface area contributed by atoms with E-state index in [1.807, 2.05) is 0 Å². The summed E-state index contributed by atoms with van der Waals surface area (Å²) in [5.41, 5.74) is 0.712. The van der Waals surface area contributed by atoms with Gasteiger partial charge in [-0.15, -0.1) is 17.9 Å². The van der Waals surface area contributed by atoms with Crippen molar-refractivity contribution in [2.75, 3.05) is 19.0 Å². The Morgan fingerprint density at radius 2 is 2.28 bits per heavy atom. The molecule has 1 rings (SSSR count). The molecule has 1 heterocycles. The zero-order valence-corrected chi connectivity index (χ0v) is 11.1.